The molecule has 3 aromatic carbocycles. The van der Waals surface area contributed by atoms with Crippen molar-refractivity contribution < 1.29 is 9.53 Å². The number of amides is 1. The molecule has 0 unspecified atom stereocenters. The van der Waals surface area contributed by atoms with E-state index < -0.39 is 0 Å². The van der Waals surface area contributed by atoms with Gasteiger partial charge in [0, 0.05) is 11.8 Å². The maximum atomic E-state index is 13.4. The van der Waals surface area contributed by atoms with E-state index in [9.17, 15) is 9.59 Å². The lowest BCUT2D eigenvalue weighted by Crippen LogP contribution is -2.35. The van der Waals surface area contributed by atoms with Gasteiger partial charge in [-0.2, -0.15) is 10.2 Å². The van der Waals surface area contributed by atoms with E-state index in [-0.39, 0.29) is 24.1 Å². The molecule has 0 radical (unpaired) electrons. The van der Waals surface area contributed by atoms with Crippen molar-refractivity contribution >= 4 is 22.4 Å². The van der Waals surface area contributed by atoms with E-state index in [4.69, 9.17) is 4.74 Å². The van der Waals surface area contributed by atoms with Crippen molar-refractivity contribution in [2.75, 3.05) is 7.11 Å². The van der Waals surface area contributed by atoms with Crippen molar-refractivity contribution in [1.29, 1.82) is 0 Å². The van der Waals surface area contributed by atoms with Crippen molar-refractivity contribution in [3.05, 3.63) is 107 Å². The molecule has 1 aliphatic rings. The number of carbonyl (C=O) groups is 1. The highest BCUT2D eigenvalue weighted by molar-refractivity contribution is 6.03. The molecule has 0 spiro atoms. The van der Waals surface area contributed by atoms with Gasteiger partial charge in [-0.1, -0.05) is 60.7 Å². The lowest BCUT2D eigenvalue weighted by molar-refractivity contribution is -0.133. The molecule has 0 saturated carbocycles. The van der Waals surface area contributed by atoms with E-state index in [0.717, 1.165) is 28.0 Å². The van der Waals surface area contributed by atoms with Crippen molar-refractivity contribution in [3.63, 3.8) is 0 Å². The Kier molecular flexibility index (Phi) is 5.44. The van der Waals surface area contributed by atoms with Crippen LogP contribution in [0.5, 0.6) is 5.75 Å². The molecule has 0 N–H and O–H groups in total. The van der Waals surface area contributed by atoms with Gasteiger partial charge in [-0.15, -0.1) is 0 Å². The van der Waals surface area contributed by atoms with Crippen LogP contribution in [0.1, 0.15) is 23.6 Å². The van der Waals surface area contributed by atoms with Crippen LogP contribution in [-0.2, 0) is 11.3 Å². The minimum Gasteiger partial charge on any atom is -0.497 e. The highest BCUT2D eigenvalue weighted by atomic mass is 16.5. The zero-order valence-electron chi connectivity index (χ0n) is 18.1. The van der Waals surface area contributed by atoms with Crippen LogP contribution in [0.4, 0.5) is 0 Å². The van der Waals surface area contributed by atoms with Crippen LogP contribution < -0.4 is 10.3 Å². The molecule has 0 saturated heterocycles. The molecule has 164 valence electrons. The minimum atomic E-state index is -0.299. The minimum absolute atomic E-state index is 0.193. The SMILES string of the molecule is COc1ccc([C@H]2CC(c3ccccc3)=NN2C(=O)Cn2ncc3ccccc3c2=O)cc1. The van der Waals surface area contributed by atoms with Gasteiger partial charge in [0.1, 0.15) is 12.3 Å². The zero-order chi connectivity index (χ0) is 22.8. The second-order valence-corrected chi connectivity index (χ2v) is 7.84. The fraction of sp³-hybridized carbons (Fsp3) is 0.154. The molecule has 0 aliphatic carbocycles. The number of ether oxygens (including phenoxy) is 1. The molecule has 0 fully saturated rings. The third-order valence-electron chi connectivity index (χ3n) is 5.82. The third kappa shape index (κ3) is 4.01. The van der Waals surface area contributed by atoms with Crippen molar-refractivity contribution in [2.24, 2.45) is 5.10 Å². The van der Waals surface area contributed by atoms with E-state index in [2.05, 4.69) is 10.2 Å². The van der Waals surface area contributed by atoms with Crippen LogP contribution in [-0.4, -0.2) is 33.5 Å². The largest absolute Gasteiger partial charge is 0.497 e. The normalized spacial score (nSPS) is 15.5. The van der Waals surface area contributed by atoms with E-state index in [1.165, 1.54) is 9.69 Å². The Labute approximate surface area is 190 Å². The first-order chi connectivity index (χ1) is 16.1. The van der Waals surface area contributed by atoms with Crippen LogP contribution in [0.15, 0.2) is 95.0 Å². The molecule has 7 nitrogen and oxygen atoms in total. The summed E-state index contributed by atoms with van der Waals surface area (Å²) in [5, 5.41) is 11.6. The van der Waals surface area contributed by atoms with Crippen molar-refractivity contribution in [1.82, 2.24) is 14.8 Å². The van der Waals surface area contributed by atoms with Gasteiger partial charge in [0.05, 0.1) is 30.4 Å². The average Bonchev–Trinajstić information content (AvgIpc) is 3.32. The molecular weight excluding hydrogens is 416 g/mol. The third-order valence-corrected chi connectivity index (χ3v) is 5.82. The van der Waals surface area contributed by atoms with Crippen molar-refractivity contribution in [3.8, 4) is 5.75 Å². The van der Waals surface area contributed by atoms with Crippen LogP contribution in [0, 0.1) is 0 Å². The molecule has 1 amide bonds. The topological polar surface area (TPSA) is 76.8 Å². The van der Waals surface area contributed by atoms with Gasteiger partial charge in [-0.3, -0.25) is 9.59 Å². The number of methoxy groups -OCH3 is 1. The lowest BCUT2D eigenvalue weighted by Gasteiger charge is -2.22. The van der Waals surface area contributed by atoms with Gasteiger partial charge in [0.15, 0.2) is 0 Å². The summed E-state index contributed by atoms with van der Waals surface area (Å²) in [6.45, 7) is -0.193. The number of benzene rings is 3. The fourth-order valence-corrected chi connectivity index (χ4v) is 4.07. The highest BCUT2D eigenvalue weighted by Gasteiger charge is 2.33. The number of hydrogen-bond acceptors (Lipinski definition) is 5. The van der Waals surface area contributed by atoms with E-state index >= 15 is 0 Å². The van der Waals surface area contributed by atoms with Gasteiger partial charge >= 0.3 is 0 Å². The molecule has 4 aromatic rings. The summed E-state index contributed by atoms with van der Waals surface area (Å²) < 4.78 is 6.47. The Balaban J connectivity index is 1.49. The summed E-state index contributed by atoms with van der Waals surface area (Å²) >= 11 is 0. The maximum absolute atomic E-state index is 13.4. The first-order valence-corrected chi connectivity index (χ1v) is 10.7. The van der Waals surface area contributed by atoms with E-state index in [0.29, 0.717) is 11.8 Å². The number of fused-ring (bicyclic) bond motifs is 1. The predicted molar refractivity (Wildman–Crippen MR) is 126 cm³/mol. The quantitative estimate of drug-likeness (QED) is 0.475. The summed E-state index contributed by atoms with van der Waals surface area (Å²) in [5.74, 6) is 0.442. The van der Waals surface area contributed by atoms with E-state index in [1.54, 1.807) is 25.4 Å². The van der Waals surface area contributed by atoms with E-state index in [1.807, 2.05) is 66.7 Å². The number of hydrazone groups is 1. The summed E-state index contributed by atoms with van der Waals surface area (Å²) in [5.41, 5.74) is 2.43. The lowest BCUT2D eigenvalue weighted by atomic mass is 9.98. The summed E-state index contributed by atoms with van der Waals surface area (Å²) in [6.07, 6.45) is 2.18. The second-order valence-electron chi connectivity index (χ2n) is 7.84. The number of nitrogens with zero attached hydrogens (tertiary/aromatic N) is 4. The molecular formula is C26H22N4O3. The number of hydrogen-bond donors (Lipinski definition) is 0. The number of aromatic nitrogens is 2. The maximum Gasteiger partial charge on any atom is 0.275 e. The molecule has 5 rings (SSSR count). The average molecular weight is 438 g/mol. The first-order valence-electron chi connectivity index (χ1n) is 10.7. The number of carbonyl (C=O) groups excluding carboxylic acids is 1. The Morgan fingerprint density at radius 3 is 2.48 bits per heavy atom. The van der Waals surface area contributed by atoms with Gasteiger partial charge in [0.25, 0.3) is 11.5 Å². The first kappa shape index (κ1) is 20.6. The molecule has 1 aromatic heterocycles. The summed E-state index contributed by atoms with van der Waals surface area (Å²) in [4.78, 5) is 26.2. The molecule has 0 bridgehead atoms. The fourth-order valence-electron chi connectivity index (χ4n) is 4.07. The van der Waals surface area contributed by atoms with Gasteiger partial charge < -0.3 is 4.74 Å². The summed E-state index contributed by atoms with van der Waals surface area (Å²) in [6, 6.07) is 24.3. The van der Waals surface area contributed by atoms with Gasteiger partial charge in [-0.25, -0.2) is 9.69 Å². The van der Waals surface area contributed by atoms with Crippen LogP contribution in [0.25, 0.3) is 10.8 Å². The Morgan fingerprint density at radius 1 is 1.00 bits per heavy atom. The Morgan fingerprint density at radius 2 is 1.73 bits per heavy atom. The standard InChI is InChI=1S/C26H22N4O3/c1-33-21-13-11-19(12-14-21)24-15-23(18-7-3-2-4-8-18)28-30(24)25(31)17-29-26(32)22-10-6-5-9-20(22)16-27-29/h2-14,16,24H,15,17H2,1H3/t24-/m1/s1. The Bertz CT molecular complexity index is 1390. The predicted octanol–water partition coefficient (Wildman–Crippen LogP) is 3.78. The molecule has 2 heterocycles. The molecule has 33 heavy (non-hydrogen) atoms. The van der Waals surface area contributed by atoms with Crippen LogP contribution >= 0.6 is 0 Å². The van der Waals surface area contributed by atoms with Crippen LogP contribution in [0.2, 0.25) is 0 Å². The molecule has 1 aliphatic heterocycles. The van der Waals surface area contributed by atoms with Crippen LogP contribution in [0.3, 0.4) is 0 Å². The zero-order valence-corrected chi connectivity index (χ0v) is 18.1. The van der Waals surface area contributed by atoms with Gasteiger partial charge in [0.2, 0.25) is 0 Å². The van der Waals surface area contributed by atoms with Crippen molar-refractivity contribution in [2.45, 2.75) is 19.0 Å². The number of rotatable bonds is 5. The van der Waals surface area contributed by atoms with Gasteiger partial charge in [-0.05, 0) is 29.3 Å². The molecule has 1 atom stereocenters. The smallest absolute Gasteiger partial charge is 0.275 e. The second kappa shape index (κ2) is 8.70. The monoisotopic (exact) mass is 438 g/mol. The Hall–Kier alpha value is -4.26. The molecule has 7 heteroatoms. The highest BCUT2D eigenvalue weighted by Crippen LogP contribution is 2.33. The summed E-state index contributed by atoms with van der Waals surface area (Å²) in [7, 11) is 1.62.